The van der Waals surface area contributed by atoms with Crippen LogP contribution in [0.3, 0.4) is 0 Å². The van der Waals surface area contributed by atoms with E-state index < -0.39 is 0 Å². The summed E-state index contributed by atoms with van der Waals surface area (Å²) in [5.74, 6) is 0. The second-order valence-corrected chi connectivity index (χ2v) is 6.07. The van der Waals surface area contributed by atoms with E-state index in [0.717, 1.165) is 13.0 Å². The summed E-state index contributed by atoms with van der Waals surface area (Å²) in [6.07, 6.45) is 2.28. The van der Waals surface area contributed by atoms with Crippen molar-refractivity contribution in [3.8, 4) is 11.1 Å². The smallest absolute Gasteiger partial charge is 0.00791 e. The maximum atomic E-state index is 3.54. The Morgan fingerprint density at radius 3 is 2.38 bits per heavy atom. The average molecular weight is 281 g/mol. The van der Waals surface area contributed by atoms with Crippen molar-refractivity contribution in [3.05, 3.63) is 59.2 Å². The molecular weight excluding hydrogens is 254 g/mol. The van der Waals surface area contributed by atoms with Crippen molar-refractivity contribution in [1.82, 2.24) is 5.32 Å². The Balaban J connectivity index is 2.10. The van der Waals surface area contributed by atoms with Crippen LogP contribution in [0.2, 0.25) is 0 Å². The Labute approximate surface area is 129 Å². The first-order chi connectivity index (χ1) is 10.1. The summed E-state index contributed by atoms with van der Waals surface area (Å²) in [7, 11) is 0. The number of rotatable bonds is 6. The largest absolute Gasteiger partial charge is 0.314 e. The highest BCUT2D eigenvalue weighted by Gasteiger charge is 2.05. The number of benzene rings is 2. The number of hydrogen-bond donors (Lipinski definition) is 1. The average Bonchev–Trinajstić information content (AvgIpc) is 2.48. The highest BCUT2D eigenvalue weighted by Crippen LogP contribution is 2.25. The van der Waals surface area contributed by atoms with Gasteiger partial charge in [-0.1, -0.05) is 55.0 Å². The molecule has 0 aromatic heterocycles. The summed E-state index contributed by atoms with van der Waals surface area (Å²) < 4.78 is 0. The van der Waals surface area contributed by atoms with Crippen molar-refractivity contribution in [2.45, 2.75) is 46.6 Å². The third-order valence-corrected chi connectivity index (χ3v) is 3.94. The molecule has 21 heavy (non-hydrogen) atoms. The van der Waals surface area contributed by atoms with Crippen LogP contribution in [0.4, 0.5) is 0 Å². The van der Waals surface area contributed by atoms with Crippen molar-refractivity contribution >= 4 is 0 Å². The monoisotopic (exact) mass is 281 g/mol. The van der Waals surface area contributed by atoms with Crippen molar-refractivity contribution in [2.75, 3.05) is 6.54 Å². The molecule has 1 nitrogen and oxygen atoms in total. The van der Waals surface area contributed by atoms with Crippen LogP contribution in [0, 0.1) is 13.8 Å². The Bertz CT molecular complexity index is 569. The maximum Gasteiger partial charge on any atom is 0.00791 e. The molecule has 0 amide bonds. The molecule has 0 saturated heterocycles. The predicted octanol–water partition coefficient (Wildman–Crippen LogP) is 4.90. The molecule has 0 saturated carbocycles. The lowest BCUT2D eigenvalue weighted by Gasteiger charge is -2.14. The van der Waals surface area contributed by atoms with Gasteiger partial charge < -0.3 is 5.32 Å². The summed E-state index contributed by atoms with van der Waals surface area (Å²) >= 11 is 0. The van der Waals surface area contributed by atoms with E-state index in [1.807, 2.05) is 0 Å². The Kier molecular flexibility index (Phi) is 5.58. The van der Waals surface area contributed by atoms with Crippen LogP contribution >= 0.6 is 0 Å². The van der Waals surface area contributed by atoms with E-state index >= 15 is 0 Å². The Morgan fingerprint density at radius 2 is 1.71 bits per heavy atom. The molecule has 2 aromatic rings. The van der Waals surface area contributed by atoms with Gasteiger partial charge in [0.1, 0.15) is 0 Å². The molecule has 0 aliphatic rings. The topological polar surface area (TPSA) is 12.0 Å². The van der Waals surface area contributed by atoms with Crippen LogP contribution in [0.25, 0.3) is 11.1 Å². The fourth-order valence-corrected chi connectivity index (χ4v) is 2.68. The number of aryl methyl sites for hydroxylation is 2. The van der Waals surface area contributed by atoms with Crippen LogP contribution in [0.15, 0.2) is 42.5 Å². The van der Waals surface area contributed by atoms with Crippen molar-refractivity contribution in [1.29, 1.82) is 0 Å². The molecule has 0 bridgehead atoms. The van der Waals surface area contributed by atoms with Gasteiger partial charge in [-0.3, -0.25) is 0 Å². The summed E-state index contributed by atoms with van der Waals surface area (Å²) in [6, 6.07) is 16.2. The van der Waals surface area contributed by atoms with E-state index in [4.69, 9.17) is 0 Å². The standard InChI is InChI=1S/C20H27N/c1-5-12-21-17(4)14-18-8-10-19(11-9-18)20-13-15(2)6-7-16(20)3/h6-11,13,17,21H,5,12,14H2,1-4H3. The van der Waals surface area contributed by atoms with Gasteiger partial charge in [0.25, 0.3) is 0 Å². The van der Waals surface area contributed by atoms with E-state index in [2.05, 4.69) is 75.5 Å². The lowest BCUT2D eigenvalue weighted by atomic mass is 9.96. The zero-order valence-corrected chi connectivity index (χ0v) is 13.7. The summed E-state index contributed by atoms with van der Waals surface area (Å²) in [6.45, 7) is 9.90. The molecule has 2 aromatic carbocycles. The van der Waals surface area contributed by atoms with Crippen LogP contribution in [-0.4, -0.2) is 12.6 Å². The molecule has 0 radical (unpaired) electrons. The lowest BCUT2D eigenvalue weighted by molar-refractivity contribution is 0.543. The fourth-order valence-electron chi connectivity index (χ4n) is 2.68. The second-order valence-electron chi connectivity index (χ2n) is 6.07. The van der Waals surface area contributed by atoms with E-state index in [-0.39, 0.29) is 0 Å². The SMILES string of the molecule is CCCNC(C)Cc1ccc(-c2cc(C)ccc2C)cc1. The lowest BCUT2D eigenvalue weighted by Crippen LogP contribution is -2.28. The molecule has 2 rings (SSSR count). The molecular formula is C20H27N. The number of nitrogens with one attached hydrogen (secondary N) is 1. The minimum Gasteiger partial charge on any atom is -0.314 e. The second kappa shape index (κ2) is 7.42. The van der Waals surface area contributed by atoms with Gasteiger partial charge in [0, 0.05) is 6.04 Å². The van der Waals surface area contributed by atoms with Gasteiger partial charge in [-0.05, 0) is 62.4 Å². The van der Waals surface area contributed by atoms with Gasteiger partial charge in [-0.25, -0.2) is 0 Å². The molecule has 1 N–H and O–H groups in total. The molecule has 0 fully saturated rings. The van der Waals surface area contributed by atoms with Crippen molar-refractivity contribution < 1.29 is 0 Å². The van der Waals surface area contributed by atoms with Crippen LogP contribution in [0.5, 0.6) is 0 Å². The van der Waals surface area contributed by atoms with E-state index in [1.54, 1.807) is 0 Å². The van der Waals surface area contributed by atoms with Gasteiger partial charge in [0.05, 0.1) is 0 Å². The molecule has 0 heterocycles. The van der Waals surface area contributed by atoms with Crippen molar-refractivity contribution in [3.63, 3.8) is 0 Å². The quantitative estimate of drug-likeness (QED) is 0.794. The van der Waals surface area contributed by atoms with Gasteiger partial charge in [0.2, 0.25) is 0 Å². The fraction of sp³-hybridized carbons (Fsp3) is 0.400. The maximum absolute atomic E-state index is 3.54. The summed E-state index contributed by atoms with van der Waals surface area (Å²) in [4.78, 5) is 0. The zero-order chi connectivity index (χ0) is 15.2. The molecule has 1 unspecified atom stereocenters. The predicted molar refractivity (Wildman–Crippen MR) is 92.8 cm³/mol. The van der Waals surface area contributed by atoms with Gasteiger partial charge in [-0.2, -0.15) is 0 Å². The molecule has 0 aliphatic carbocycles. The molecule has 1 atom stereocenters. The third-order valence-electron chi connectivity index (χ3n) is 3.94. The molecule has 1 heteroatoms. The third kappa shape index (κ3) is 4.44. The molecule has 0 aliphatic heterocycles. The molecule has 112 valence electrons. The molecule has 0 spiro atoms. The van der Waals surface area contributed by atoms with Crippen LogP contribution < -0.4 is 5.32 Å². The first-order valence-corrected chi connectivity index (χ1v) is 8.00. The summed E-state index contributed by atoms with van der Waals surface area (Å²) in [5.41, 5.74) is 6.72. The van der Waals surface area contributed by atoms with E-state index in [9.17, 15) is 0 Å². The first-order valence-electron chi connectivity index (χ1n) is 8.00. The van der Waals surface area contributed by atoms with Crippen LogP contribution in [0.1, 0.15) is 37.0 Å². The summed E-state index contributed by atoms with van der Waals surface area (Å²) in [5, 5.41) is 3.54. The zero-order valence-electron chi connectivity index (χ0n) is 13.7. The van der Waals surface area contributed by atoms with Crippen LogP contribution in [-0.2, 0) is 6.42 Å². The minimum absolute atomic E-state index is 0.538. The van der Waals surface area contributed by atoms with Gasteiger partial charge >= 0.3 is 0 Å². The highest BCUT2D eigenvalue weighted by atomic mass is 14.9. The van der Waals surface area contributed by atoms with E-state index in [1.165, 1.54) is 34.2 Å². The minimum atomic E-state index is 0.538. The first kappa shape index (κ1) is 15.8. The van der Waals surface area contributed by atoms with Gasteiger partial charge in [0.15, 0.2) is 0 Å². The highest BCUT2D eigenvalue weighted by molar-refractivity contribution is 5.68. The Hall–Kier alpha value is -1.60. The van der Waals surface area contributed by atoms with Gasteiger partial charge in [-0.15, -0.1) is 0 Å². The van der Waals surface area contributed by atoms with E-state index in [0.29, 0.717) is 6.04 Å². The number of hydrogen-bond acceptors (Lipinski definition) is 1. The normalized spacial score (nSPS) is 12.4. The van der Waals surface area contributed by atoms with Crippen molar-refractivity contribution in [2.24, 2.45) is 0 Å². The Morgan fingerprint density at radius 1 is 1.00 bits per heavy atom.